The van der Waals surface area contributed by atoms with E-state index in [1.807, 2.05) is 34.9 Å². The molecule has 3 aromatic rings. The van der Waals surface area contributed by atoms with Crippen LogP contribution in [-0.4, -0.2) is 21.5 Å². The van der Waals surface area contributed by atoms with Crippen molar-refractivity contribution in [3.63, 3.8) is 0 Å². The van der Waals surface area contributed by atoms with E-state index in [2.05, 4.69) is 10.3 Å². The molecule has 0 radical (unpaired) electrons. The average Bonchev–Trinajstić information content (AvgIpc) is 2.90. The van der Waals surface area contributed by atoms with Gasteiger partial charge < -0.3 is 9.88 Å². The SMILES string of the molecule is CNc1ccc(Cn2cnc3ccccc32)cc1[N+](=O)[O-]. The molecule has 0 atom stereocenters. The monoisotopic (exact) mass is 282 g/mol. The molecule has 0 saturated heterocycles. The number of benzene rings is 2. The molecule has 0 saturated carbocycles. The van der Waals surface area contributed by atoms with Gasteiger partial charge in [-0.2, -0.15) is 0 Å². The Hall–Kier alpha value is -2.89. The van der Waals surface area contributed by atoms with E-state index in [0.29, 0.717) is 12.2 Å². The van der Waals surface area contributed by atoms with Crippen LogP contribution in [-0.2, 0) is 6.54 Å². The number of anilines is 1. The lowest BCUT2D eigenvalue weighted by Gasteiger charge is -2.07. The third-order valence-electron chi connectivity index (χ3n) is 3.41. The van der Waals surface area contributed by atoms with Crippen molar-refractivity contribution in [1.29, 1.82) is 0 Å². The Kier molecular flexibility index (Phi) is 3.27. The highest BCUT2D eigenvalue weighted by Crippen LogP contribution is 2.26. The summed E-state index contributed by atoms with van der Waals surface area (Å²) in [4.78, 5) is 15.0. The molecule has 0 amide bonds. The number of nitrogens with one attached hydrogen (secondary N) is 1. The van der Waals surface area contributed by atoms with Crippen molar-refractivity contribution in [3.8, 4) is 0 Å². The van der Waals surface area contributed by atoms with Gasteiger partial charge in [0.2, 0.25) is 0 Å². The maximum absolute atomic E-state index is 11.1. The van der Waals surface area contributed by atoms with E-state index in [4.69, 9.17) is 0 Å². The molecule has 0 spiro atoms. The summed E-state index contributed by atoms with van der Waals surface area (Å²) in [5.41, 5.74) is 3.39. The van der Waals surface area contributed by atoms with Crippen molar-refractivity contribution in [1.82, 2.24) is 9.55 Å². The summed E-state index contributed by atoms with van der Waals surface area (Å²) in [6.45, 7) is 0.547. The average molecular weight is 282 g/mol. The maximum atomic E-state index is 11.1. The molecule has 0 unspecified atom stereocenters. The van der Waals surface area contributed by atoms with Gasteiger partial charge in [-0.3, -0.25) is 10.1 Å². The van der Waals surface area contributed by atoms with Crippen molar-refractivity contribution < 1.29 is 4.92 Å². The second-order valence-electron chi connectivity index (χ2n) is 4.72. The van der Waals surface area contributed by atoms with Crippen LogP contribution in [0.3, 0.4) is 0 Å². The summed E-state index contributed by atoms with van der Waals surface area (Å²) >= 11 is 0. The second kappa shape index (κ2) is 5.24. The summed E-state index contributed by atoms with van der Waals surface area (Å²) in [5.74, 6) is 0. The normalized spacial score (nSPS) is 10.7. The predicted molar refractivity (Wildman–Crippen MR) is 81.5 cm³/mol. The molecule has 1 N–H and O–H groups in total. The van der Waals surface area contributed by atoms with Gasteiger partial charge in [-0.05, 0) is 23.8 Å². The van der Waals surface area contributed by atoms with Gasteiger partial charge in [0, 0.05) is 19.7 Å². The lowest BCUT2D eigenvalue weighted by atomic mass is 10.1. The molecule has 0 aliphatic heterocycles. The van der Waals surface area contributed by atoms with Crippen molar-refractivity contribution in [2.45, 2.75) is 6.54 Å². The van der Waals surface area contributed by atoms with E-state index in [-0.39, 0.29) is 10.6 Å². The van der Waals surface area contributed by atoms with Crippen LogP contribution in [0.25, 0.3) is 11.0 Å². The first-order chi connectivity index (χ1) is 10.2. The van der Waals surface area contributed by atoms with Crippen LogP contribution in [0.1, 0.15) is 5.56 Å². The molecule has 21 heavy (non-hydrogen) atoms. The Morgan fingerprint density at radius 1 is 1.29 bits per heavy atom. The van der Waals surface area contributed by atoms with Gasteiger partial charge in [-0.1, -0.05) is 18.2 Å². The predicted octanol–water partition coefficient (Wildman–Crippen LogP) is 3.03. The van der Waals surface area contributed by atoms with Crippen LogP contribution in [0, 0.1) is 10.1 Å². The molecule has 0 bridgehead atoms. The van der Waals surface area contributed by atoms with Gasteiger partial charge in [0.05, 0.1) is 22.3 Å². The molecular formula is C15H14N4O2. The minimum absolute atomic E-state index is 0.0828. The zero-order valence-corrected chi connectivity index (χ0v) is 11.5. The first-order valence-electron chi connectivity index (χ1n) is 6.54. The Bertz CT molecular complexity index is 810. The molecule has 0 aliphatic rings. The van der Waals surface area contributed by atoms with E-state index in [1.54, 1.807) is 25.5 Å². The van der Waals surface area contributed by atoms with Gasteiger partial charge >= 0.3 is 0 Å². The number of hydrogen-bond acceptors (Lipinski definition) is 4. The molecular weight excluding hydrogens is 268 g/mol. The Balaban J connectivity index is 1.98. The second-order valence-corrected chi connectivity index (χ2v) is 4.72. The molecule has 0 aliphatic carbocycles. The Morgan fingerprint density at radius 3 is 2.86 bits per heavy atom. The molecule has 0 fully saturated rings. The maximum Gasteiger partial charge on any atom is 0.292 e. The highest BCUT2D eigenvalue weighted by atomic mass is 16.6. The third-order valence-corrected chi connectivity index (χ3v) is 3.41. The van der Waals surface area contributed by atoms with Crippen molar-refractivity contribution in [2.24, 2.45) is 0 Å². The number of nitro groups is 1. The first-order valence-corrected chi connectivity index (χ1v) is 6.54. The van der Waals surface area contributed by atoms with Crippen LogP contribution in [0.5, 0.6) is 0 Å². The molecule has 1 heterocycles. The Morgan fingerprint density at radius 2 is 2.10 bits per heavy atom. The fourth-order valence-electron chi connectivity index (χ4n) is 2.37. The minimum atomic E-state index is -0.374. The van der Waals surface area contributed by atoms with E-state index < -0.39 is 0 Å². The summed E-state index contributed by atoms with van der Waals surface area (Å²) < 4.78 is 1.98. The minimum Gasteiger partial charge on any atom is -0.383 e. The summed E-state index contributed by atoms with van der Waals surface area (Å²) in [5, 5.41) is 13.9. The topological polar surface area (TPSA) is 73.0 Å². The fraction of sp³-hybridized carbons (Fsp3) is 0.133. The van der Waals surface area contributed by atoms with Crippen LogP contribution >= 0.6 is 0 Å². The number of aromatic nitrogens is 2. The van der Waals surface area contributed by atoms with Gasteiger partial charge in [0.1, 0.15) is 5.69 Å². The molecule has 2 aromatic carbocycles. The lowest BCUT2D eigenvalue weighted by molar-refractivity contribution is -0.384. The smallest absolute Gasteiger partial charge is 0.292 e. The summed E-state index contributed by atoms with van der Waals surface area (Å²) in [6, 6.07) is 13.0. The zero-order valence-electron chi connectivity index (χ0n) is 11.5. The van der Waals surface area contributed by atoms with Crippen molar-refractivity contribution >= 4 is 22.4 Å². The zero-order chi connectivity index (χ0) is 14.8. The Labute approximate surface area is 121 Å². The number of hydrogen-bond donors (Lipinski definition) is 1. The molecule has 6 nitrogen and oxygen atoms in total. The molecule has 3 rings (SSSR count). The summed E-state index contributed by atoms with van der Waals surface area (Å²) in [6.07, 6.45) is 1.75. The van der Waals surface area contributed by atoms with Gasteiger partial charge in [0.15, 0.2) is 0 Å². The third kappa shape index (κ3) is 2.43. The molecule has 6 heteroatoms. The summed E-state index contributed by atoms with van der Waals surface area (Å²) in [7, 11) is 1.67. The highest BCUT2D eigenvalue weighted by molar-refractivity contribution is 5.75. The van der Waals surface area contributed by atoms with Crippen LogP contribution in [0.4, 0.5) is 11.4 Å². The standard InChI is InChI=1S/C15H14N4O2/c1-16-12-7-6-11(8-15(12)19(20)21)9-18-10-17-13-4-2-3-5-14(13)18/h2-8,10,16H,9H2,1H3. The number of rotatable bonds is 4. The lowest BCUT2D eigenvalue weighted by Crippen LogP contribution is -2.01. The van der Waals surface area contributed by atoms with Crippen molar-refractivity contribution in [3.05, 3.63) is 64.5 Å². The van der Waals surface area contributed by atoms with E-state index in [9.17, 15) is 10.1 Å². The van der Waals surface area contributed by atoms with Gasteiger partial charge in [-0.25, -0.2) is 4.98 Å². The first kappa shape index (κ1) is 13.1. The van der Waals surface area contributed by atoms with Gasteiger partial charge in [0.25, 0.3) is 5.69 Å². The quantitative estimate of drug-likeness (QED) is 0.589. The van der Waals surface area contributed by atoms with Crippen LogP contribution in [0.15, 0.2) is 48.8 Å². The fourth-order valence-corrected chi connectivity index (χ4v) is 2.37. The van der Waals surface area contributed by atoms with E-state index in [0.717, 1.165) is 16.6 Å². The number of nitrogens with zero attached hydrogens (tertiary/aromatic N) is 3. The number of nitro benzene ring substituents is 1. The van der Waals surface area contributed by atoms with Crippen LogP contribution < -0.4 is 5.32 Å². The van der Waals surface area contributed by atoms with E-state index in [1.165, 1.54) is 0 Å². The number of para-hydroxylation sites is 2. The van der Waals surface area contributed by atoms with Gasteiger partial charge in [-0.15, -0.1) is 0 Å². The van der Waals surface area contributed by atoms with Crippen molar-refractivity contribution in [2.75, 3.05) is 12.4 Å². The van der Waals surface area contributed by atoms with Crippen LogP contribution in [0.2, 0.25) is 0 Å². The molecule has 106 valence electrons. The molecule has 1 aromatic heterocycles. The largest absolute Gasteiger partial charge is 0.383 e. The number of imidazole rings is 1. The highest BCUT2D eigenvalue weighted by Gasteiger charge is 2.14. The number of fused-ring (bicyclic) bond motifs is 1. The van der Waals surface area contributed by atoms with E-state index >= 15 is 0 Å².